The summed E-state index contributed by atoms with van der Waals surface area (Å²) in [4.78, 5) is 0. The Kier molecular flexibility index (Phi) is 2.80. The summed E-state index contributed by atoms with van der Waals surface area (Å²) in [6.07, 6.45) is 0. The number of hydrogen-bond acceptors (Lipinski definition) is 2. The molecule has 4 heteroatoms. The Hall–Kier alpha value is -2.20. The molecule has 0 saturated carbocycles. The molecule has 0 radical (unpaired) electrons. The molecule has 3 rings (SSSR count). The highest BCUT2D eigenvalue weighted by Gasteiger charge is 2.15. The molecule has 0 aliphatic heterocycles. The van der Waals surface area contributed by atoms with Gasteiger partial charge in [-0.2, -0.15) is 0 Å². The van der Waals surface area contributed by atoms with Crippen molar-refractivity contribution >= 4 is 11.0 Å². The first kappa shape index (κ1) is 11.9. The second-order valence-corrected chi connectivity index (χ2v) is 4.36. The van der Waals surface area contributed by atoms with Crippen LogP contribution in [0.2, 0.25) is 0 Å². The molecule has 0 spiro atoms. The summed E-state index contributed by atoms with van der Waals surface area (Å²) in [6.45, 7) is 0. The lowest BCUT2D eigenvalue weighted by Crippen LogP contribution is -2.10. The average Bonchev–Trinajstić information content (AvgIpc) is 2.80. The van der Waals surface area contributed by atoms with Gasteiger partial charge in [-0.15, -0.1) is 0 Å². The molecule has 96 valence electrons. The van der Waals surface area contributed by atoms with Gasteiger partial charge in [0.05, 0.1) is 6.04 Å². The second-order valence-electron chi connectivity index (χ2n) is 4.36. The molecule has 19 heavy (non-hydrogen) atoms. The molecule has 2 nitrogen and oxygen atoms in total. The first-order chi connectivity index (χ1) is 9.13. The molecule has 2 aromatic carbocycles. The zero-order valence-electron chi connectivity index (χ0n) is 9.94. The molecule has 1 heterocycles. The number of halogens is 2. The van der Waals surface area contributed by atoms with Gasteiger partial charge in [-0.1, -0.05) is 12.1 Å². The topological polar surface area (TPSA) is 39.2 Å². The summed E-state index contributed by atoms with van der Waals surface area (Å²) in [7, 11) is 0. The minimum absolute atomic E-state index is 0.334. The molecule has 0 bridgehead atoms. The van der Waals surface area contributed by atoms with Gasteiger partial charge in [0.15, 0.2) is 0 Å². The molecular formula is C15H11F2NO. The van der Waals surface area contributed by atoms with Gasteiger partial charge in [-0.25, -0.2) is 8.78 Å². The molecule has 1 aromatic heterocycles. The molecule has 0 amide bonds. The third-order valence-electron chi connectivity index (χ3n) is 3.01. The molecule has 0 aliphatic rings. The van der Waals surface area contributed by atoms with Gasteiger partial charge >= 0.3 is 0 Å². The third kappa shape index (κ3) is 2.22. The molecule has 1 unspecified atom stereocenters. The highest BCUT2D eigenvalue weighted by molar-refractivity contribution is 5.78. The predicted molar refractivity (Wildman–Crippen MR) is 68.6 cm³/mol. The Morgan fingerprint density at radius 1 is 0.947 bits per heavy atom. The number of rotatable bonds is 2. The summed E-state index contributed by atoms with van der Waals surface area (Å²) in [6, 6.07) is 11.4. The number of furan rings is 1. The van der Waals surface area contributed by atoms with Crippen molar-refractivity contribution in [2.75, 3.05) is 0 Å². The van der Waals surface area contributed by atoms with Crippen molar-refractivity contribution in [2.45, 2.75) is 6.04 Å². The molecule has 0 aliphatic carbocycles. The van der Waals surface area contributed by atoms with Crippen LogP contribution in [0.3, 0.4) is 0 Å². The maximum atomic E-state index is 13.2. The third-order valence-corrected chi connectivity index (χ3v) is 3.01. The number of nitrogens with two attached hydrogens (primary N) is 1. The van der Waals surface area contributed by atoms with E-state index in [4.69, 9.17) is 10.2 Å². The van der Waals surface area contributed by atoms with Crippen LogP contribution in [0.4, 0.5) is 8.78 Å². The summed E-state index contributed by atoms with van der Waals surface area (Å²) < 4.78 is 31.8. The standard InChI is InChI=1S/C15H11F2NO/c16-11-3-1-2-9(6-11)15(18)14-8-10-7-12(17)4-5-13(10)19-14/h1-8,15H,18H2. The van der Waals surface area contributed by atoms with Gasteiger partial charge in [0.2, 0.25) is 0 Å². The van der Waals surface area contributed by atoms with E-state index in [2.05, 4.69) is 0 Å². The minimum atomic E-state index is -0.578. The van der Waals surface area contributed by atoms with Gasteiger partial charge in [0, 0.05) is 5.39 Å². The Bertz CT molecular complexity index is 736. The van der Waals surface area contributed by atoms with E-state index < -0.39 is 6.04 Å². The fourth-order valence-corrected chi connectivity index (χ4v) is 2.05. The Balaban J connectivity index is 2.04. The van der Waals surface area contributed by atoms with Gasteiger partial charge in [0.25, 0.3) is 0 Å². The van der Waals surface area contributed by atoms with E-state index in [-0.39, 0.29) is 11.6 Å². The lowest BCUT2D eigenvalue weighted by molar-refractivity contribution is 0.523. The fraction of sp³-hybridized carbons (Fsp3) is 0.0667. The van der Waals surface area contributed by atoms with E-state index in [1.165, 1.54) is 24.3 Å². The van der Waals surface area contributed by atoms with Gasteiger partial charge in [-0.3, -0.25) is 0 Å². The van der Waals surface area contributed by atoms with E-state index in [1.807, 2.05) is 0 Å². The largest absolute Gasteiger partial charge is 0.459 e. The van der Waals surface area contributed by atoms with Crippen molar-refractivity contribution in [2.24, 2.45) is 5.73 Å². The maximum absolute atomic E-state index is 13.2. The summed E-state index contributed by atoms with van der Waals surface area (Å²) in [5, 5.41) is 0.641. The Labute approximate surface area is 108 Å². The van der Waals surface area contributed by atoms with Crippen molar-refractivity contribution in [3.05, 3.63) is 71.5 Å². The van der Waals surface area contributed by atoms with Crippen LogP contribution >= 0.6 is 0 Å². The van der Waals surface area contributed by atoms with Crippen LogP contribution in [0, 0.1) is 11.6 Å². The number of fused-ring (bicyclic) bond motifs is 1. The highest BCUT2D eigenvalue weighted by Crippen LogP contribution is 2.27. The average molecular weight is 259 g/mol. The van der Waals surface area contributed by atoms with Crippen molar-refractivity contribution < 1.29 is 13.2 Å². The van der Waals surface area contributed by atoms with Gasteiger partial charge in [0.1, 0.15) is 23.0 Å². The van der Waals surface area contributed by atoms with Crippen LogP contribution in [0.25, 0.3) is 11.0 Å². The number of benzene rings is 2. The van der Waals surface area contributed by atoms with Crippen molar-refractivity contribution in [3.8, 4) is 0 Å². The summed E-state index contributed by atoms with van der Waals surface area (Å²) in [5.74, 6) is -0.208. The second kappa shape index (κ2) is 4.48. The smallest absolute Gasteiger partial charge is 0.134 e. The molecule has 1 atom stereocenters. The monoisotopic (exact) mass is 259 g/mol. The first-order valence-corrected chi connectivity index (χ1v) is 5.83. The predicted octanol–water partition coefficient (Wildman–Crippen LogP) is 3.76. The van der Waals surface area contributed by atoms with Crippen LogP contribution in [-0.4, -0.2) is 0 Å². The van der Waals surface area contributed by atoms with Crippen molar-refractivity contribution in [1.82, 2.24) is 0 Å². The summed E-state index contributed by atoms with van der Waals surface area (Å²) in [5.41, 5.74) is 7.20. The Morgan fingerprint density at radius 3 is 2.53 bits per heavy atom. The SMILES string of the molecule is NC(c1cccc(F)c1)c1cc2cc(F)ccc2o1. The maximum Gasteiger partial charge on any atom is 0.134 e. The molecule has 2 N–H and O–H groups in total. The summed E-state index contributed by atoms with van der Waals surface area (Å²) >= 11 is 0. The zero-order valence-corrected chi connectivity index (χ0v) is 9.94. The van der Waals surface area contributed by atoms with E-state index in [9.17, 15) is 8.78 Å². The van der Waals surface area contributed by atoms with E-state index in [1.54, 1.807) is 24.3 Å². The van der Waals surface area contributed by atoms with Gasteiger partial charge < -0.3 is 10.2 Å². The van der Waals surface area contributed by atoms with Crippen molar-refractivity contribution in [3.63, 3.8) is 0 Å². The van der Waals surface area contributed by atoms with Crippen LogP contribution in [0.1, 0.15) is 17.4 Å². The number of hydrogen-bond donors (Lipinski definition) is 1. The molecule has 0 saturated heterocycles. The molecule has 0 fully saturated rings. The van der Waals surface area contributed by atoms with Crippen LogP contribution in [0.5, 0.6) is 0 Å². The zero-order chi connectivity index (χ0) is 13.4. The quantitative estimate of drug-likeness (QED) is 0.761. The van der Waals surface area contributed by atoms with E-state index in [0.29, 0.717) is 22.3 Å². The fourth-order valence-electron chi connectivity index (χ4n) is 2.05. The lowest BCUT2D eigenvalue weighted by atomic mass is 10.1. The molecule has 3 aromatic rings. The van der Waals surface area contributed by atoms with Gasteiger partial charge in [-0.05, 0) is 42.0 Å². The first-order valence-electron chi connectivity index (χ1n) is 5.83. The normalized spacial score (nSPS) is 12.8. The highest BCUT2D eigenvalue weighted by atomic mass is 19.1. The van der Waals surface area contributed by atoms with E-state index in [0.717, 1.165) is 0 Å². The lowest BCUT2D eigenvalue weighted by Gasteiger charge is -2.08. The minimum Gasteiger partial charge on any atom is -0.459 e. The van der Waals surface area contributed by atoms with E-state index >= 15 is 0 Å². The molecular weight excluding hydrogens is 248 g/mol. The van der Waals surface area contributed by atoms with Crippen molar-refractivity contribution in [1.29, 1.82) is 0 Å². The van der Waals surface area contributed by atoms with Crippen LogP contribution < -0.4 is 5.73 Å². The van der Waals surface area contributed by atoms with Crippen LogP contribution in [-0.2, 0) is 0 Å². The van der Waals surface area contributed by atoms with Crippen LogP contribution in [0.15, 0.2) is 52.9 Å². The Morgan fingerprint density at radius 2 is 1.74 bits per heavy atom.